The van der Waals surface area contributed by atoms with Gasteiger partial charge in [0.25, 0.3) is 0 Å². The van der Waals surface area contributed by atoms with Gasteiger partial charge in [-0.05, 0) is 30.7 Å². The Hall–Kier alpha value is -1.84. The Morgan fingerprint density at radius 3 is 2.14 bits per heavy atom. The van der Waals surface area contributed by atoms with Crippen molar-refractivity contribution in [2.24, 2.45) is 0 Å². The van der Waals surface area contributed by atoms with Crippen molar-refractivity contribution < 1.29 is 9.90 Å². The molecular formula is C18H22ClNO2. The molecule has 0 fully saturated rings. The first-order chi connectivity index (χ1) is 10.1. The summed E-state index contributed by atoms with van der Waals surface area (Å²) in [6, 6.07) is 18.9. The highest BCUT2D eigenvalue weighted by molar-refractivity contribution is 5.85. The standard InChI is InChI=1S/C18H21NO2.ClH/c1-14(19(2)13-12-18(20)21)15-8-10-17(11-9-15)16-6-4-3-5-7-16;/h3-11,14H,12-13H2,1-2H3,(H,20,21);1H. The van der Waals surface area contributed by atoms with E-state index in [0.717, 1.165) is 0 Å². The number of carboxylic acids is 1. The van der Waals surface area contributed by atoms with Gasteiger partial charge in [-0.25, -0.2) is 0 Å². The molecule has 1 unspecified atom stereocenters. The molecule has 0 saturated heterocycles. The van der Waals surface area contributed by atoms with Gasteiger partial charge in [-0.2, -0.15) is 0 Å². The van der Waals surface area contributed by atoms with E-state index in [2.05, 4.69) is 48.2 Å². The largest absolute Gasteiger partial charge is 0.481 e. The summed E-state index contributed by atoms with van der Waals surface area (Å²) in [7, 11) is 1.96. The molecule has 1 atom stereocenters. The predicted octanol–water partition coefficient (Wildman–Crippen LogP) is 4.24. The SMILES string of the molecule is CC(c1ccc(-c2ccccc2)cc1)N(C)CCC(=O)O.Cl. The quantitative estimate of drug-likeness (QED) is 0.865. The van der Waals surface area contributed by atoms with Crippen LogP contribution in [0.4, 0.5) is 0 Å². The first kappa shape index (κ1) is 18.2. The Balaban J connectivity index is 0.00000242. The predicted molar refractivity (Wildman–Crippen MR) is 92.4 cm³/mol. The van der Waals surface area contributed by atoms with Crippen molar-refractivity contribution >= 4 is 18.4 Å². The monoisotopic (exact) mass is 319 g/mol. The first-order valence-electron chi connectivity index (χ1n) is 7.15. The molecule has 0 amide bonds. The Bertz CT molecular complexity index is 584. The molecule has 3 nitrogen and oxygen atoms in total. The number of halogens is 1. The van der Waals surface area contributed by atoms with E-state index in [1.807, 2.05) is 25.2 Å². The number of carbonyl (C=O) groups is 1. The third kappa shape index (κ3) is 4.86. The van der Waals surface area contributed by atoms with Crippen LogP contribution in [0.25, 0.3) is 11.1 Å². The fraction of sp³-hybridized carbons (Fsp3) is 0.278. The van der Waals surface area contributed by atoms with E-state index in [1.165, 1.54) is 16.7 Å². The summed E-state index contributed by atoms with van der Waals surface area (Å²) in [6.45, 7) is 2.65. The molecule has 0 spiro atoms. The molecule has 1 N–H and O–H groups in total. The zero-order chi connectivity index (χ0) is 15.2. The molecule has 0 aliphatic rings. The summed E-state index contributed by atoms with van der Waals surface area (Å²) < 4.78 is 0. The van der Waals surface area contributed by atoms with Crippen LogP contribution in [0.5, 0.6) is 0 Å². The van der Waals surface area contributed by atoms with Gasteiger partial charge in [-0.1, -0.05) is 54.6 Å². The maximum absolute atomic E-state index is 10.6. The minimum Gasteiger partial charge on any atom is -0.481 e. The van der Waals surface area contributed by atoms with E-state index >= 15 is 0 Å². The fourth-order valence-electron chi connectivity index (χ4n) is 2.30. The molecule has 118 valence electrons. The van der Waals surface area contributed by atoms with Gasteiger partial charge in [0.2, 0.25) is 0 Å². The van der Waals surface area contributed by atoms with Crippen molar-refractivity contribution in [2.75, 3.05) is 13.6 Å². The van der Waals surface area contributed by atoms with Crippen molar-refractivity contribution in [1.29, 1.82) is 0 Å². The van der Waals surface area contributed by atoms with Crippen LogP contribution < -0.4 is 0 Å². The summed E-state index contributed by atoms with van der Waals surface area (Å²) >= 11 is 0. The van der Waals surface area contributed by atoms with E-state index in [9.17, 15) is 4.79 Å². The number of hydrogen-bond acceptors (Lipinski definition) is 2. The van der Waals surface area contributed by atoms with Crippen molar-refractivity contribution in [2.45, 2.75) is 19.4 Å². The average molecular weight is 320 g/mol. The second-order valence-electron chi connectivity index (χ2n) is 5.29. The third-order valence-electron chi connectivity index (χ3n) is 3.84. The normalized spacial score (nSPS) is 11.8. The number of aliphatic carboxylic acids is 1. The molecular weight excluding hydrogens is 298 g/mol. The molecule has 0 saturated carbocycles. The minimum absolute atomic E-state index is 0. The van der Waals surface area contributed by atoms with Crippen LogP contribution in [0.2, 0.25) is 0 Å². The lowest BCUT2D eigenvalue weighted by atomic mass is 10.0. The van der Waals surface area contributed by atoms with Crippen LogP contribution in [0, 0.1) is 0 Å². The summed E-state index contributed by atoms with van der Waals surface area (Å²) in [5.74, 6) is -0.756. The lowest BCUT2D eigenvalue weighted by Gasteiger charge is -2.24. The highest BCUT2D eigenvalue weighted by Gasteiger charge is 2.12. The second-order valence-corrected chi connectivity index (χ2v) is 5.29. The Labute approximate surface area is 138 Å². The van der Waals surface area contributed by atoms with E-state index in [4.69, 9.17) is 5.11 Å². The summed E-state index contributed by atoms with van der Waals surface area (Å²) in [5.41, 5.74) is 3.60. The fourth-order valence-corrected chi connectivity index (χ4v) is 2.30. The van der Waals surface area contributed by atoms with Crippen LogP contribution in [0.15, 0.2) is 54.6 Å². The van der Waals surface area contributed by atoms with Crippen LogP contribution in [0.3, 0.4) is 0 Å². The molecule has 0 aliphatic carbocycles. The number of nitrogens with zero attached hydrogens (tertiary/aromatic N) is 1. The second kappa shape index (κ2) is 8.57. The maximum atomic E-state index is 10.6. The van der Waals surface area contributed by atoms with E-state index in [0.29, 0.717) is 6.54 Å². The van der Waals surface area contributed by atoms with Gasteiger partial charge < -0.3 is 5.11 Å². The molecule has 4 heteroatoms. The molecule has 0 aliphatic heterocycles. The van der Waals surface area contributed by atoms with Crippen molar-refractivity contribution in [3.05, 3.63) is 60.2 Å². The highest BCUT2D eigenvalue weighted by Crippen LogP contribution is 2.24. The summed E-state index contributed by atoms with van der Waals surface area (Å²) in [6.07, 6.45) is 0.170. The van der Waals surface area contributed by atoms with E-state index < -0.39 is 5.97 Å². The lowest BCUT2D eigenvalue weighted by molar-refractivity contribution is -0.137. The summed E-state index contributed by atoms with van der Waals surface area (Å²) in [4.78, 5) is 12.7. The smallest absolute Gasteiger partial charge is 0.304 e. The topological polar surface area (TPSA) is 40.5 Å². The number of rotatable bonds is 6. The zero-order valence-electron chi connectivity index (χ0n) is 12.9. The van der Waals surface area contributed by atoms with Crippen molar-refractivity contribution in [1.82, 2.24) is 4.90 Å². The molecule has 2 aromatic rings. The number of carboxylic acid groups (broad SMARTS) is 1. The van der Waals surface area contributed by atoms with Crippen molar-refractivity contribution in [3.63, 3.8) is 0 Å². The molecule has 0 aromatic heterocycles. The molecule has 0 heterocycles. The number of benzene rings is 2. The van der Waals surface area contributed by atoms with Crippen LogP contribution in [-0.4, -0.2) is 29.6 Å². The zero-order valence-corrected chi connectivity index (χ0v) is 13.7. The van der Waals surface area contributed by atoms with E-state index in [-0.39, 0.29) is 24.9 Å². The van der Waals surface area contributed by atoms with Gasteiger partial charge in [0.15, 0.2) is 0 Å². The van der Waals surface area contributed by atoms with Crippen LogP contribution >= 0.6 is 12.4 Å². The summed E-state index contributed by atoms with van der Waals surface area (Å²) in [5, 5.41) is 8.75. The van der Waals surface area contributed by atoms with Crippen molar-refractivity contribution in [3.8, 4) is 11.1 Å². The van der Waals surface area contributed by atoms with Gasteiger partial charge >= 0.3 is 5.97 Å². The molecule has 22 heavy (non-hydrogen) atoms. The van der Waals surface area contributed by atoms with Gasteiger partial charge in [0, 0.05) is 12.6 Å². The Kier molecular flexibility index (Phi) is 7.09. The lowest BCUT2D eigenvalue weighted by Crippen LogP contribution is -2.25. The Morgan fingerprint density at radius 1 is 1.05 bits per heavy atom. The molecule has 2 rings (SSSR count). The van der Waals surface area contributed by atoms with Gasteiger partial charge in [0.05, 0.1) is 6.42 Å². The maximum Gasteiger partial charge on any atom is 0.304 e. The van der Waals surface area contributed by atoms with Crippen LogP contribution in [-0.2, 0) is 4.79 Å². The minimum atomic E-state index is -0.756. The van der Waals surface area contributed by atoms with E-state index in [1.54, 1.807) is 0 Å². The first-order valence-corrected chi connectivity index (χ1v) is 7.15. The molecule has 0 radical (unpaired) electrons. The molecule has 0 bridgehead atoms. The van der Waals surface area contributed by atoms with Gasteiger partial charge in [0.1, 0.15) is 0 Å². The average Bonchev–Trinajstić information content (AvgIpc) is 2.53. The number of hydrogen-bond donors (Lipinski definition) is 1. The van der Waals surface area contributed by atoms with Crippen LogP contribution in [0.1, 0.15) is 24.9 Å². The highest BCUT2D eigenvalue weighted by atomic mass is 35.5. The van der Waals surface area contributed by atoms with Gasteiger partial charge in [-0.3, -0.25) is 9.69 Å². The third-order valence-corrected chi connectivity index (χ3v) is 3.84. The Morgan fingerprint density at radius 2 is 1.59 bits per heavy atom. The molecule has 2 aromatic carbocycles. The van der Waals surface area contributed by atoms with Gasteiger partial charge in [-0.15, -0.1) is 12.4 Å².